The number of Topliss-reactive ketones (excluding diaryl/α,β-unsaturated/α-hetero) is 1. The van der Waals surface area contributed by atoms with Crippen LogP contribution in [0.15, 0.2) is 55.0 Å². The van der Waals surface area contributed by atoms with Gasteiger partial charge in [-0.05, 0) is 18.6 Å². The van der Waals surface area contributed by atoms with Gasteiger partial charge in [0.05, 0.1) is 28.4 Å². The number of imidazole rings is 1. The monoisotopic (exact) mass is 363 g/mol. The Hall–Kier alpha value is -3.68. The maximum absolute atomic E-state index is 12.7. The van der Waals surface area contributed by atoms with E-state index in [1.54, 1.807) is 18.6 Å². The second kappa shape index (κ2) is 7.69. The summed E-state index contributed by atoms with van der Waals surface area (Å²) in [6, 6.07) is 9.07. The van der Waals surface area contributed by atoms with E-state index in [1.807, 2.05) is 19.1 Å². The van der Waals surface area contributed by atoms with Crippen LogP contribution in [-0.4, -0.2) is 31.4 Å². The van der Waals surface area contributed by atoms with Crippen molar-refractivity contribution in [3.05, 3.63) is 76.5 Å². The summed E-state index contributed by atoms with van der Waals surface area (Å²) in [4.78, 5) is 34.5. The number of nitrogens with zero attached hydrogens (tertiary/aromatic N) is 3. The molecule has 2 N–H and O–H groups in total. The normalized spacial score (nSPS) is 11.7. The van der Waals surface area contributed by atoms with E-state index in [0.717, 1.165) is 11.3 Å². The molecule has 0 fully saturated rings. The Balaban J connectivity index is 1.86. The zero-order valence-electron chi connectivity index (χ0n) is 14.5. The Morgan fingerprint density at radius 1 is 1.30 bits per heavy atom. The predicted molar refractivity (Wildman–Crippen MR) is 100 cm³/mol. The molecule has 8 nitrogen and oxygen atoms in total. The zero-order chi connectivity index (χ0) is 19.4. The molecule has 0 amide bonds. The average molecular weight is 363 g/mol. The number of nitro benzene ring substituents is 1. The van der Waals surface area contributed by atoms with Gasteiger partial charge in [0.2, 0.25) is 5.78 Å². The number of rotatable bonds is 7. The molecule has 2 heterocycles. The van der Waals surface area contributed by atoms with E-state index < -0.39 is 16.6 Å². The van der Waals surface area contributed by atoms with Gasteiger partial charge in [-0.2, -0.15) is 0 Å². The Labute approximate surface area is 155 Å². The van der Waals surface area contributed by atoms with Crippen molar-refractivity contribution in [2.75, 3.05) is 0 Å². The van der Waals surface area contributed by atoms with E-state index in [0.29, 0.717) is 12.2 Å². The van der Waals surface area contributed by atoms with Crippen molar-refractivity contribution >= 4 is 17.2 Å². The third-order valence-corrected chi connectivity index (χ3v) is 4.24. The molecule has 3 aromatic rings. The van der Waals surface area contributed by atoms with Gasteiger partial charge in [-0.25, -0.2) is 4.98 Å². The highest BCUT2D eigenvalue weighted by Gasteiger charge is 2.26. The summed E-state index contributed by atoms with van der Waals surface area (Å²) >= 11 is 0. The maximum atomic E-state index is 12.7. The minimum atomic E-state index is -0.564. The van der Waals surface area contributed by atoms with E-state index in [2.05, 4.69) is 15.0 Å². The largest absolute Gasteiger partial charge is 0.341 e. The van der Waals surface area contributed by atoms with Crippen LogP contribution in [0.2, 0.25) is 0 Å². The van der Waals surface area contributed by atoms with Crippen LogP contribution >= 0.6 is 0 Å². The van der Waals surface area contributed by atoms with Gasteiger partial charge >= 0.3 is 0 Å². The smallest absolute Gasteiger partial charge is 0.270 e. The van der Waals surface area contributed by atoms with Crippen LogP contribution in [-0.2, 0) is 0 Å². The number of H-pyrrole nitrogens is 1. The van der Waals surface area contributed by atoms with Crippen LogP contribution in [0.25, 0.3) is 11.3 Å². The molecule has 27 heavy (non-hydrogen) atoms. The van der Waals surface area contributed by atoms with Gasteiger partial charge in [-0.15, -0.1) is 0 Å². The Bertz CT molecular complexity index is 997. The molecule has 8 heteroatoms. The third kappa shape index (κ3) is 3.79. The first kappa shape index (κ1) is 18.1. The van der Waals surface area contributed by atoms with Crippen molar-refractivity contribution in [2.24, 2.45) is 0 Å². The Morgan fingerprint density at radius 2 is 2.04 bits per heavy atom. The first-order valence-electron chi connectivity index (χ1n) is 8.34. The summed E-state index contributed by atoms with van der Waals surface area (Å²) < 4.78 is 0. The molecule has 0 saturated heterocycles. The summed E-state index contributed by atoms with van der Waals surface area (Å²) in [7, 11) is 0. The minimum Gasteiger partial charge on any atom is -0.341 e. The van der Waals surface area contributed by atoms with E-state index in [4.69, 9.17) is 5.41 Å². The molecule has 136 valence electrons. The summed E-state index contributed by atoms with van der Waals surface area (Å²) in [6.07, 6.45) is 5.48. The van der Waals surface area contributed by atoms with Crippen LogP contribution in [0.3, 0.4) is 0 Å². The number of nitrogens with one attached hydrogen (secondary N) is 2. The van der Waals surface area contributed by atoms with Crippen molar-refractivity contribution in [3.63, 3.8) is 0 Å². The lowest BCUT2D eigenvalue weighted by Gasteiger charge is -2.13. The van der Waals surface area contributed by atoms with Crippen LogP contribution in [0.5, 0.6) is 0 Å². The minimum absolute atomic E-state index is 0.119. The maximum Gasteiger partial charge on any atom is 0.270 e. The number of aromatic amines is 1. The van der Waals surface area contributed by atoms with Crippen molar-refractivity contribution < 1.29 is 9.72 Å². The zero-order valence-corrected chi connectivity index (χ0v) is 14.5. The summed E-state index contributed by atoms with van der Waals surface area (Å²) in [5.74, 6) is -0.576. The number of carbonyl (C=O) groups is 1. The molecule has 1 aromatic carbocycles. The summed E-state index contributed by atoms with van der Waals surface area (Å²) in [5.41, 5.74) is 1.44. The number of pyridine rings is 1. The fourth-order valence-corrected chi connectivity index (χ4v) is 2.80. The lowest BCUT2D eigenvalue weighted by molar-refractivity contribution is -0.384. The fourth-order valence-electron chi connectivity index (χ4n) is 2.80. The van der Waals surface area contributed by atoms with E-state index in [9.17, 15) is 14.9 Å². The van der Waals surface area contributed by atoms with Gasteiger partial charge < -0.3 is 10.4 Å². The molecule has 1 unspecified atom stereocenters. The number of nitro groups is 1. The van der Waals surface area contributed by atoms with Crippen LogP contribution in [0.4, 0.5) is 5.69 Å². The Kier molecular flexibility index (Phi) is 5.16. The first-order valence-corrected chi connectivity index (χ1v) is 8.34. The number of aromatic nitrogens is 3. The predicted octanol–water partition coefficient (Wildman–Crippen LogP) is 3.78. The molecule has 1 atom stereocenters. The number of hydrogen-bond donors (Lipinski definition) is 2. The van der Waals surface area contributed by atoms with Gasteiger partial charge in [0.25, 0.3) is 5.69 Å². The number of non-ortho nitro benzene ring substituents is 1. The third-order valence-electron chi connectivity index (χ3n) is 4.24. The Morgan fingerprint density at radius 3 is 2.70 bits per heavy atom. The van der Waals surface area contributed by atoms with Crippen molar-refractivity contribution in [1.29, 1.82) is 5.41 Å². The van der Waals surface area contributed by atoms with Gasteiger partial charge in [-0.1, -0.05) is 19.1 Å². The van der Waals surface area contributed by atoms with Crippen molar-refractivity contribution in [1.82, 2.24) is 15.0 Å². The SMILES string of the molecule is CCC(C(=N)C(=O)c1cccc([N+](=O)[O-])c1)c1ncc(-c2ccncc2)[nH]1. The van der Waals surface area contributed by atoms with Gasteiger partial charge in [0.1, 0.15) is 5.82 Å². The van der Waals surface area contributed by atoms with Gasteiger partial charge in [0.15, 0.2) is 0 Å². The number of carbonyl (C=O) groups excluding carboxylic acids is 1. The molecule has 0 saturated carbocycles. The lowest BCUT2D eigenvalue weighted by atomic mass is 9.93. The molecule has 0 radical (unpaired) electrons. The second-order valence-corrected chi connectivity index (χ2v) is 5.93. The molecule has 2 aromatic heterocycles. The van der Waals surface area contributed by atoms with Crippen LogP contribution in [0, 0.1) is 15.5 Å². The number of hydrogen-bond acceptors (Lipinski definition) is 6. The highest BCUT2D eigenvalue weighted by Crippen LogP contribution is 2.24. The standard InChI is InChI=1S/C19H17N5O3/c1-2-15(19-22-11-16(23-19)12-6-8-21-9-7-12)17(20)18(25)13-4-3-5-14(10-13)24(26)27/h3-11,15,20H,2H2,1H3,(H,22,23). The lowest BCUT2D eigenvalue weighted by Crippen LogP contribution is -2.22. The highest BCUT2D eigenvalue weighted by molar-refractivity contribution is 6.46. The van der Waals surface area contributed by atoms with Gasteiger partial charge in [0, 0.05) is 35.7 Å². The van der Waals surface area contributed by atoms with Crippen LogP contribution in [0.1, 0.15) is 35.4 Å². The second-order valence-electron chi connectivity index (χ2n) is 5.93. The molecule has 0 aliphatic carbocycles. The average Bonchev–Trinajstić information content (AvgIpc) is 3.18. The van der Waals surface area contributed by atoms with E-state index >= 15 is 0 Å². The molecule has 0 spiro atoms. The molecule has 0 bridgehead atoms. The van der Waals surface area contributed by atoms with Gasteiger partial charge in [-0.3, -0.25) is 19.9 Å². The topological polar surface area (TPSA) is 126 Å². The first-order chi connectivity index (χ1) is 13.0. The number of ketones is 1. The summed E-state index contributed by atoms with van der Waals surface area (Å²) in [5, 5.41) is 19.2. The molecular weight excluding hydrogens is 346 g/mol. The van der Waals surface area contributed by atoms with E-state index in [-0.39, 0.29) is 17.0 Å². The highest BCUT2D eigenvalue weighted by atomic mass is 16.6. The fraction of sp³-hybridized carbons (Fsp3) is 0.158. The number of benzene rings is 1. The van der Waals surface area contributed by atoms with Crippen molar-refractivity contribution in [2.45, 2.75) is 19.3 Å². The van der Waals surface area contributed by atoms with E-state index in [1.165, 1.54) is 24.3 Å². The quantitative estimate of drug-likeness (QED) is 0.286. The molecule has 0 aliphatic rings. The van der Waals surface area contributed by atoms with Crippen LogP contribution < -0.4 is 0 Å². The summed E-state index contributed by atoms with van der Waals surface area (Å²) in [6.45, 7) is 1.86. The molecule has 3 rings (SSSR count). The van der Waals surface area contributed by atoms with Crippen molar-refractivity contribution in [3.8, 4) is 11.3 Å². The molecular formula is C19H17N5O3. The molecule has 0 aliphatic heterocycles.